The molecule has 1 fully saturated rings. The lowest BCUT2D eigenvalue weighted by atomic mass is 10.1. The largest absolute Gasteiger partial charge is 0.336 e. The second-order valence-electron chi connectivity index (χ2n) is 6.54. The molecule has 0 spiro atoms. The van der Waals surface area contributed by atoms with Crippen molar-refractivity contribution in [1.82, 2.24) is 14.8 Å². The number of nitrogens with one attached hydrogen (secondary N) is 2. The average Bonchev–Trinajstić information content (AvgIpc) is 2.69. The van der Waals surface area contributed by atoms with Crippen molar-refractivity contribution in [3.8, 4) is 0 Å². The van der Waals surface area contributed by atoms with E-state index >= 15 is 0 Å². The van der Waals surface area contributed by atoms with Gasteiger partial charge in [0.15, 0.2) is 0 Å². The molecule has 27 heavy (non-hydrogen) atoms. The number of nitrogens with zero attached hydrogens (tertiary/aromatic N) is 2. The summed E-state index contributed by atoms with van der Waals surface area (Å²) in [5.41, 5.74) is 1.73. The highest BCUT2D eigenvalue weighted by atomic mass is 16.2. The molecule has 0 aliphatic carbocycles. The summed E-state index contributed by atoms with van der Waals surface area (Å²) in [6.45, 7) is 4.52. The van der Waals surface area contributed by atoms with Crippen molar-refractivity contribution in [2.45, 2.75) is 13.3 Å². The molecule has 1 aliphatic heterocycles. The van der Waals surface area contributed by atoms with Crippen LogP contribution in [0.25, 0.3) is 0 Å². The van der Waals surface area contributed by atoms with Crippen molar-refractivity contribution in [2.75, 3.05) is 38.0 Å². The zero-order valence-corrected chi connectivity index (χ0v) is 15.4. The van der Waals surface area contributed by atoms with Crippen molar-refractivity contribution < 1.29 is 9.59 Å². The van der Waals surface area contributed by atoms with Gasteiger partial charge >= 0.3 is 0 Å². The van der Waals surface area contributed by atoms with Gasteiger partial charge in [0.1, 0.15) is 5.56 Å². The molecule has 0 radical (unpaired) electrons. The van der Waals surface area contributed by atoms with Crippen LogP contribution in [0.3, 0.4) is 0 Å². The van der Waals surface area contributed by atoms with Crippen molar-refractivity contribution in [1.29, 1.82) is 0 Å². The van der Waals surface area contributed by atoms with Crippen LogP contribution < -0.4 is 10.9 Å². The third-order valence-corrected chi connectivity index (χ3v) is 4.75. The van der Waals surface area contributed by atoms with E-state index in [0.29, 0.717) is 26.2 Å². The number of anilines is 1. The number of rotatable bonds is 5. The van der Waals surface area contributed by atoms with Gasteiger partial charge in [-0.3, -0.25) is 19.3 Å². The molecule has 7 nitrogen and oxygen atoms in total. The molecule has 2 heterocycles. The van der Waals surface area contributed by atoms with Crippen LogP contribution in [-0.4, -0.2) is 59.3 Å². The third kappa shape index (κ3) is 4.62. The Hall–Kier alpha value is -2.93. The zero-order valence-electron chi connectivity index (χ0n) is 15.4. The van der Waals surface area contributed by atoms with Crippen LogP contribution in [0.1, 0.15) is 22.8 Å². The smallest absolute Gasteiger partial charge is 0.260 e. The summed E-state index contributed by atoms with van der Waals surface area (Å²) >= 11 is 0. The van der Waals surface area contributed by atoms with E-state index in [0.717, 1.165) is 17.7 Å². The van der Waals surface area contributed by atoms with Crippen molar-refractivity contribution in [3.63, 3.8) is 0 Å². The number of H-pyrrole nitrogens is 1. The fourth-order valence-corrected chi connectivity index (χ4v) is 3.21. The van der Waals surface area contributed by atoms with Gasteiger partial charge in [0.05, 0.1) is 6.54 Å². The summed E-state index contributed by atoms with van der Waals surface area (Å²) < 4.78 is 0. The van der Waals surface area contributed by atoms with Gasteiger partial charge in [0.2, 0.25) is 5.91 Å². The second kappa shape index (κ2) is 8.64. The van der Waals surface area contributed by atoms with E-state index in [1.807, 2.05) is 29.2 Å². The Morgan fingerprint density at radius 3 is 2.52 bits per heavy atom. The predicted octanol–water partition coefficient (Wildman–Crippen LogP) is 1.33. The lowest BCUT2D eigenvalue weighted by Crippen LogP contribution is -2.51. The summed E-state index contributed by atoms with van der Waals surface area (Å²) in [6, 6.07) is 11.0. The summed E-state index contributed by atoms with van der Waals surface area (Å²) in [7, 11) is 0. The summed E-state index contributed by atoms with van der Waals surface area (Å²) in [6.07, 6.45) is 2.36. The molecule has 1 aromatic carbocycles. The Morgan fingerprint density at radius 1 is 1.07 bits per heavy atom. The Bertz CT molecular complexity index is 869. The van der Waals surface area contributed by atoms with Crippen molar-refractivity contribution in [3.05, 3.63) is 64.1 Å². The molecular formula is C20H24N4O3. The van der Waals surface area contributed by atoms with Gasteiger partial charge in [-0.2, -0.15) is 0 Å². The molecule has 7 heteroatoms. The summed E-state index contributed by atoms with van der Waals surface area (Å²) in [5.74, 6) is -0.326. The Labute approximate surface area is 158 Å². The van der Waals surface area contributed by atoms with E-state index in [1.165, 1.54) is 12.3 Å². The predicted molar refractivity (Wildman–Crippen MR) is 104 cm³/mol. The van der Waals surface area contributed by atoms with Gasteiger partial charge in [0.25, 0.3) is 11.5 Å². The highest BCUT2D eigenvalue weighted by Crippen LogP contribution is 2.15. The number of carbonyl (C=O) groups is 2. The van der Waals surface area contributed by atoms with Crippen LogP contribution in [0.2, 0.25) is 0 Å². The minimum Gasteiger partial charge on any atom is -0.336 e. The molecule has 1 aliphatic rings. The van der Waals surface area contributed by atoms with Crippen molar-refractivity contribution in [2.24, 2.45) is 0 Å². The van der Waals surface area contributed by atoms with E-state index in [-0.39, 0.29) is 29.5 Å². The molecule has 0 unspecified atom stereocenters. The summed E-state index contributed by atoms with van der Waals surface area (Å²) in [4.78, 5) is 42.8. The molecule has 0 saturated carbocycles. The number of aromatic nitrogens is 1. The lowest BCUT2D eigenvalue weighted by Gasteiger charge is -2.34. The fourth-order valence-electron chi connectivity index (χ4n) is 3.21. The summed E-state index contributed by atoms with van der Waals surface area (Å²) in [5, 5.41) is 2.97. The molecule has 0 bridgehead atoms. The fraction of sp³-hybridized carbons (Fsp3) is 0.350. The quantitative estimate of drug-likeness (QED) is 0.834. The molecule has 1 saturated heterocycles. The number of carbonyl (C=O) groups excluding carboxylic acids is 2. The first-order valence-corrected chi connectivity index (χ1v) is 9.15. The van der Waals surface area contributed by atoms with Gasteiger partial charge in [-0.25, -0.2) is 0 Å². The van der Waals surface area contributed by atoms with E-state index in [2.05, 4.69) is 17.2 Å². The van der Waals surface area contributed by atoms with Gasteiger partial charge < -0.3 is 15.2 Å². The molecule has 2 aromatic rings. The third-order valence-electron chi connectivity index (χ3n) is 4.75. The minimum atomic E-state index is -0.376. The highest BCUT2D eigenvalue weighted by molar-refractivity contribution is 5.94. The second-order valence-corrected chi connectivity index (χ2v) is 6.54. The maximum absolute atomic E-state index is 12.5. The monoisotopic (exact) mass is 368 g/mol. The van der Waals surface area contributed by atoms with Crippen LogP contribution in [0, 0.1) is 0 Å². The first kappa shape index (κ1) is 18.8. The number of aryl methyl sites for hydroxylation is 1. The first-order valence-electron chi connectivity index (χ1n) is 9.15. The zero-order chi connectivity index (χ0) is 19.2. The average molecular weight is 368 g/mol. The molecule has 3 rings (SSSR count). The SMILES string of the molecule is CCc1ccccc1NC(=O)CN1CCN(C(=O)c2ccc[nH]c2=O)CC1. The first-order chi connectivity index (χ1) is 13.1. The topological polar surface area (TPSA) is 85.5 Å². The normalized spacial score (nSPS) is 14.8. The van der Waals surface area contributed by atoms with Gasteiger partial charge in [-0.15, -0.1) is 0 Å². The molecule has 2 amide bonds. The number of hydrogen-bond acceptors (Lipinski definition) is 4. The highest BCUT2D eigenvalue weighted by Gasteiger charge is 2.24. The van der Waals surface area contributed by atoms with Crippen LogP contribution >= 0.6 is 0 Å². The maximum Gasteiger partial charge on any atom is 0.260 e. The molecule has 0 atom stereocenters. The van der Waals surface area contributed by atoms with E-state index in [9.17, 15) is 14.4 Å². The molecule has 2 N–H and O–H groups in total. The minimum absolute atomic E-state index is 0.0600. The van der Waals surface area contributed by atoms with Gasteiger partial charge in [0, 0.05) is 38.1 Å². The number of hydrogen-bond donors (Lipinski definition) is 2. The van der Waals surface area contributed by atoms with Crippen LogP contribution in [-0.2, 0) is 11.2 Å². The number of pyridine rings is 1. The van der Waals surface area contributed by atoms with Crippen molar-refractivity contribution >= 4 is 17.5 Å². The molecular weight excluding hydrogens is 344 g/mol. The Balaban J connectivity index is 1.52. The lowest BCUT2D eigenvalue weighted by molar-refractivity contribution is -0.117. The van der Waals surface area contributed by atoms with Crippen LogP contribution in [0.4, 0.5) is 5.69 Å². The number of piperazine rings is 1. The number of amides is 2. The Kier molecular flexibility index (Phi) is 6.03. The van der Waals surface area contributed by atoms with Crippen LogP contribution in [0.5, 0.6) is 0 Å². The maximum atomic E-state index is 12.5. The molecule has 142 valence electrons. The van der Waals surface area contributed by atoms with Crippen LogP contribution in [0.15, 0.2) is 47.4 Å². The van der Waals surface area contributed by atoms with Gasteiger partial charge in [-0.05, 0) is 30.2 Å². The Morgan fingerprint density at radius 2 is 1.81 bits per heavy atom. The van der Waals surface area contributed by atoms with E-state index in [4.69, 9.17) is 0 Å². The van der Waals surface area contributed by atoms with Gasteiger partial charge in [-0.1, -0.05) is 25.1 Å². The number of benzene rings is 1. The number of para-hydroxylation sites is 1. The standard InChI is InChI=1S/C20H24N4O3/c1-2-15-6-3-4-8-17(15)22-18(25)14-23-10-12-24(13-11-23)20(27)16-7-5-9-21-19(16)26/h3-9H,2,10-14H2,1H3,(H,21,26)(H,22,25). The number of aromatic amines is 1. The van der Waals surface area contributed by atoms with E-state index in [1.54, 1.807) is 11.0 Å². The molecule has 1 aromatic heterocycles. The van der Waals surface area contributed by atoms with E-state index < -0.39 is 0 Å².